The average molecular weight is 315 g/mol. The minimum atomic E-state index is -0.967. The summed E-state index contributed by atoms with van der Waals surface area (Å²) in [5.74, 6) is -1.36. The molecule has 2 heterocycles. The highest BCUT2D eigenvalue weighted by Gasteiger charge is 2.39. The first-order chi connectivity index (χ1) is 11.1. The Balaban J connectivity index is 1.76. The Labute approximate surface area is 132 Å². The van der Waals surface area contributed by atoms with Crippen LogP contribution in [0.1, 0.15) is 23.3 Å². The predicted octanol–water partition coefficient (Wildman–Crippen LogP) is 1.24. The highest BCUT2D eigenvalue weighted by atomic mass is 16.5. The number of hydrogen-bond donors (Lipinski definition) is 2. The third kappa shape index (κ3) is 3.40. The molecule has 1 saturated heterocycles. The van der Waals surface area contributed by atoms with Crippen molar-refractivity contribution in [2.45, 2.75) is 18.4 Å². The van der Waals surface area contributed by atoms with Gasteiger partial charge < -0.3 is 15.2 Å². The second kappa shape index (κ2) is 6.21. The van der Waals surface area contributed by atoms with E-state index >= 15 is 0 Å². The monoisotopic (exact) mass is 315 g/mol. The number of carboxylic acids is 1. The molecule has 1 aliphatic rings. The number of nitrogens with one attached hydrogen (secondary N) is 1. The zero-order valence-corrected chi connectivity index (χ0v) is 12.4. The number of carbonyl (C=O) groups is 2. The van der Waals surface area contributed by atoms with Crippen molar-refractivity contribution in [3.05, 3.63) is 48.3 Å². The first kappa shape index (κ1) is 15.2. The molecule has 0 aliphatic carbocycles. The molecule has 1 aliphatic heterocycles. The highest BCUT2D eigenvalue weighted by molar-refractivity contribution is 5.93. The van der Waals surface area contributed by atoms with Gasteiger partial charge in [0.15, 0.2) is 5.69 Å². The van der Waals surface area contributed by atoms with Gasteiger partial charge in [0.2, 0.25) is 0 Å². The maximum atomic E-state index is 12.4. The van der Waals surface area contributed by atoms with Gasteiger partial charge in [0.1, 0.15) is 0 Å². The first-order valence-corrected chi connectivity index (χ1v) is 7.31. The lowest BCUT2D eigenvalue weighted by Gasteiger charge is -2.26. The fourth-order valence-corrected chi connectivity index (χ4v) is 2.65. The van der Waals surface area contributed by atoms with Crippen molar-refractivity contribution in [1.29, 1.82) is 0 Å². The van der Waals surface area contributed by atoms with Gasteiger partial charge in [-0.25, -0.2) is 4.68 Å². The Bertz CT molecular complexity index is 705. The van der Waals surface area contributed by atoms with Crippen LogP contribution < -0.4 is 5.32 Å². The lowest BCUT2D eigenvalue weighted by Crippen LogP contribution is -2.50. The average Bonchev–Trinajstić information content (AvgIpc) is 3.17. The number of aromatic nitrogens is 2. The summed E-state index contributed by atoms with van der Waals surface area (Å²) < 4.78 is 6.87. The molecular weight excluding hydrogens is 298 g/mol. The first-order valence-electron chi connectivity index (χ1n) is 7.31. The fourth-order valence-electron chi connectivity index (χ4n) is 2.65. The second-order valence-electron chi connectivity index (χ2n) is 5.59. The van der Waals surface area contributed by atoms with Gasteiger partial charge in [0.25, 0.3) is 5.91 Å². The SMILES string of the molecule is O=C(O)CC1(NC(=O)c2ccn(-c3ccccc3)n2)CCOC1. The number of rotatable bonds is 5. The lowest BCUT2D eigenvalue weighted by molar-refractivity contribution is -0.138. The van der Waals surface area contributed by atoms with Crippen LogP contribution in [0.25, 0.3) is 5.69 Å². The summed E-state index contributed by atoms with van der Waals surface area (Å²) in [4.78, 5) is 23.4. The number of aliphatic carboxylic acids is 1. The zero-order chi connectivity index (χ0) is 16.3. The van der Waals surface area contributed by atoms with Gasteiger partial charge in [-0.15, -0.1) is 0 Å². The van der Waals surface area contributed by atoms with Crippen molar-refractivity contribution in [3.8, 4) is 5.69 Å². The van der Waals surface area contributed by atoms with E-state index in [1.165, 1.54) is 0 Å². The van der Waals surface area contributed by atoms with Gasteiger partial charge in [0, 0.05) is 12.8 Å². The van der Waals surface area contributed by atoms with Crippen LogP contribution in [0.15, 0.2) is 42.6 Å². The Morgan fingerprint density at radius 3 is 2.74 bits per heavy atom. The van der Waals surface area contributed by atoms with Crippen LogP contribution in [0.4, 0.5) is 0 Å². The number of amides is 1. The van der Waals surface area contributed by atoms with E-state index in [-0.39, 0.29) is 18.7 Å². The molecule has 1 aromatic carbocycles. The normalized spacial score (nSPS) is 20.3. The van der Waals surface area contributed by atoms with E-state index in [9.17, 15) is 9.59 Å². The number of benzene rings is 1. The molecule has 0 bridgehead atoms. The summed E-state index contributed by atoms with van der Waals surface area (Å²) in [5, 5.41) is 16.1. The Morgan fingerprint density at radius 2 is 2.09 bits per heavy atom. The van der Waals surface area contributed by atoms with E-state index in [0.717, 1.165) is 5.69 Å². The van der Waals surface area contributed by atoms with E-state index in [1.807, 2.05) is 30.3 Å². The predicted molar refractivity (Wildman–Crippen MR) is 81.5 cm³/mol. The van der Waals surface area contributed by atoms with Crippen LogP contribution in [-0.2, 0) is 9.53 Å². The number of carboxylic acid groups (broad SMARTS) is 1. The molecule has 0 saturated carbocycles. The van der Waals surface area contributed by atoms with Gasteiger partial charge in [-0.3, -0.25) is 9.59 Å². The molecule has 3 rings (SSSR count). The quantitative estimate of drug-likeness (QED) is 0.866. The van der Waals surface area contributed by atoms with E-state index in [2.05, 4.69) is 10.4 Å². The van der Waals surface area contributed by atoms with Crippen LogP contribution in [0.5, 0.6) is 0 Å². The molecule has 2 N–H and O–H groups in total. The third-order valence-corrected chi connectivity index (χ3v) is 3.81. The standard InChI is InChI=1S/C16H17N3O4/c20-14(21)10-16(7-9-23-11-16)17-15(22)13-6-8-19(18-13)12-4-2-1-3-5-12/h1-6,8H,7,9-11H2,(H,17,22)(H,20,21). The topological polar surface area (TPSA) is 93.5 Å². The van der Waals surface area contributed by atoms with Crippen molar-refractivity contribution in [2.75, 3.05) is 13.2 Å². The molecule has 1 amide bonds. The van der Waals surface area contributed by atoms with Gasteiger partial charge in [-0.05, 0) is 24.6 Å². The van der Waals surface area contributed by atoms with Crippen molar-refractivity contribution in [3.63, 3.8) is 0 Å². The summed E-state index contributed by atoms with van der Waals surface area (Å²) in [7, 11) is 0. The van der Waals surface area contributed by atoms with E-state index in [4.69, 9.17) is 9.84 Å². The molecule has 0 spiro atoms. The molecule has 1 unspecified atom stereocenters. The maximum absolute atomic E-state index is 12.4. The lowest BCUT2D eigenvalue weighted by atomic mass is 9.94. The summed E-state index contributed by atoms with van der Waals surface area (Å²) in [6, 6.07) is 11.0. The number of para-hydroxylation sites is 1. The number of hydrogen-bond acceptors (Lipinski definition) is 4. The van der Waals surface area contributed by atoms with Crippen molar-refractivity contribution in [1.82, 2.24) is 15.1 Å². The maximum Gasteiger partial charge on any atom is 0.305 e. The van der Waals surface area contributed by atoms with Crippen LogP contribution in [0, 0.1) is 0 Å². The van der Waals surface area contributed by atoms with Crippen LogP contribution in [-0.4, -0.2) is 45.5 Å². The zero-order valence-electron chi connectivity index (χ0n) is 12.4. The van der Waals surface area contributed by atoms with Crippen LogP contribution in [0.3, 0.4) is 0 Å². The second-order valence-corrected chi connectivity index (χ2v) is 5.59. The number of nitrogens with zero attached hydrogens (tertiary/aromatic N) is 2. The molecule has 0 radical (unpaired) electrons. The Hall–Kier alpha value is -2.67. The van der Waals surface area contributed by atoms with Gasteiger partial charge >= 0.3 is 5.97 Å². The van der Waals surface area contributed by atoms with Gasteiger partial charge in [-0.2, -0.15) is 5.10 Å². The van der Waals surface area contributed by atoms with Crippen molar-refractivity contribution < 1.29 is 19.4 Å². The largest absolute Gasteiger partial charge is 0.481 e. The molecule has 23 heavy (non-hydrogen) atoms. The van der Waals surface area contributed by atoms with E-state index in [1.54, 1.807) is 16.9 Å². The minimum absolute atomic E-state index is 0.169. The Morgan fingerprint density at radius 1 is 1.30 bits per heavy atom. The smallest absolute Gasteiger partial charge is 0.305 e. The molecule has 1 aromatic heterocycles. The van der Waals surface area contributed by atoms with Crippen LogP contribution in [0.2, 0.25) is 0 Å². The minimum Gasteiger partial charge on any atom is -0.481 e. The molecule has 2 aromatic rings. The van der Waals surface area contributed by atoms with Crippen molar-refractivity contribution >= 4 is 11.9 Å². The van der Waals surface area contributed by atoms with E-state index in [0.29, 0.717) is 13.0 Å². The Kier molecular flexibility index (Phi) is 4.12. The summed E-state index contributed by atoms with van der Waals surface area (Å²) in [6.45, 7) is 0.635. The third-order valence-electron chi connectivity index (χ3n) is 3.81. The van der Waals surface area contributed by atoms with Gasteiger partial charge in [0.05, 0.1) is 24.3 Å². The number of carbonyl (C=O) groups excluding carboxylic acids is 1. The van der Waals surface area contributed by atoms with Crippen molar-refractivity contribution in [2.24, 2.45) is 0 Å². The summed E-state index contributed by atoms with van der Waals surface area (Å²) in [6.07, 6.45) is 2.00. The molecule has 7 heteroatoms. The molecule has 1 atom stereocenters. The van der Waals surface area contributed by atoms with E-state index < -0.39 is 17.4 Å². The van der Waals surface area contributed by atoms with Crippen LogP contribution >= 0.6 is 0 Å². The summed E-state index contributed by atoms with van der Waals surface area (Å²) in [5.41, 5.74) is 0.223. The molecule has 1 fully saturated rings. The number of ether oxygens (including phenoxy) is 1. The molecular formula is C16H17N3O4. The van der Waals surface area contributed by atoms with Gasteiger partial charge in [-0.1, -0.05) is 18.2 Å². The fraction of sp³-hybridized carbons (Fsp3) is 0.312. The highest BCUT2D eigenvalue weighted by Crippen LogP contribution is 2.23. The summed E-state index contributed by atoms with van der Waals surface area (Å²) >= 11 is 0. The molecule has 120 valence electrons. The molecule has 7 nitrogen and oxygen atoms in total.